The molecule has 78 valence electrons. The molecule has 1 rings (SSSR count). The highest BCUT2D eigenvalue weighted by atomic mass is 79.9. The highest BCUT2D eigenvalue weighted by Gasteiger charge is 2.16. The molecule has 2 atom stereocenters. The number of ether oxygens (including phenoxy) is 1. The summed E-state index contributed by atoms with van der Waals surface area (Å²) in [5.41, 5.74) is 0. The summed E-state index contributed by atoms with van der Waals surface area (Å²) in [5, 5.41) is 0. The second kappa shape index (κ2) is 5.99. The first-order valence-corrected chi connectivity index (χ1v) is 6.04. The second-order valence-corrected chi connectivity index (χ2v) is 5.55. The Kier molecular flexibility index (Phi) is 5.29. The molecule has 13 heavy (non-hydrogen) atoms. The van der Waals surface area contributed by atoms with Gasteiger partial charge in [0.05, 0.1) is 6.10 Å². The van der Waals surface area contributed by atoms with E-state index in [-0.39, 0.29) is 0 Å². The van der Waals surface area contributed by atoms with Gasteiger partial charge in [-0.15, -0.1) is 0 Å². The van der Waals surface area contributed by atoms with Gasteiger partial charge in [-0.05, 0) is 26.3 Å². The molecule has 1 fully saturated rings. The first-order chi connectivity index (χ1) is 6.18. The fourth-order valence-corrected chi connectivity index (χ4v) is 2.30. The van der Waals surface area contributed by atoms with Crippen LogP contribution in [0.2, 0.25) is 0 Å². The zero-order valence-electron chi connectivity index (χ0n) is 8.63. The van der Waals surface area contributed by atoms with E-state index in [2.05, 4.69) is 34.8 Å². The lowest BCUT2D eigenvalue weighted by molar-refractivity contribution is -0.00112. The van der Waals surface area contributed by atoms with Gasteiger partial charge < -0.3 is 9.64 Å². The molecule has 1 heterocycles. The number of halogens is 1. The summed E-state index contributed by atoms with van der Waals surface area (Å²) in [4.78, 5) is 2.91. The molecule has 3 heteroatoms. The minimum Gasteiger partial charge on any atom is -0.377 e. The molecule has 1 saturated heterocycles. The molecule has 0 aromatic rings. The van der Waals surface area contributed by atoms with Crippen molar-refractivity contribution in [2.45, 2.75) is 37.1 Å². The summed E-state index contributed by atoms with van der Waals surface area (Å²) >= 11 is 3.56. The first kappa shape index (κ1) is 11.5. The highest BCUT2D eigenvalue weighted by Crippen LogP contribution is 2.13. The smallest absolute Gasteiger partial charge is 0.0701 e. The Balaban J connectivity index is 2.14. The van der Waals surface area contributed by atoms with E-state index in [1.165, 1.54) is 19.3 Å². The molecule has 0 bridgehead atoms. The topological polar surface area (TPSA) is 12.5 Å². The SMILES string of the molecule is CC(Br)CN(C)CC1CCCCO1. The number of hydrogen-bond donors (Lipinski definition) is 0. The molecule has 1 aliphatic rings. The number of alkyl halides is 1. The lowest BCUT2D eigenvalue weighted by atomic mass is 10.1. The van der Waals surface area contributed by atoms with Crippen LogP contribution < -0.4 is 0 Å². The van der Waals surface area contributed by atoms with Crippen LogP contribution in [0.25, 0.3) is 0 Å². The Morgan fingerprint density at radius 2 is 2.31 bits per heavy atom. The van der Waals surface area contributed by atoms with Gasteiger partial charge in [-0.25, -0.2) is 0 Å². The average Bonchev–Trinajstić information content (AvgIpc) is 2.04. The molecule has 0 N–H and O–H groups in total. The van der Waals surface area contributed by atoms with Crippen molar-refractivity contribution in [3.8, 4) is 0 Å². The Bertz CT molecular complexity index is 135. The molecule has 0 aliphatic carbocycles. The van der Waals surface area contributed by atoms with Crippen molar-refractivity contribution in [2.24, 2.45) is 0 Å². The summed E-state index contributed by atoms with van der Waals surface area (Å²) in [5.74, 6) is 0. The molecule has 0 spiro atoms. The Labute approximate surface area is 89.8 Å². The van der Waals surface area contributed by atoms with E-state index in [0.29, 0.717) is 10.9 Å². The monoisotopic (exact) mass is 249 g/mol. The third-order valence-corrected chi connectivity index (χ3v) is 2.64. The van der Waals surface area contributed by atoms with E-state index in [1.807, 2.05) is 0 Å². The molecule has 0 saturated carbocycles. The Hall–Kier alpha value is 0.400. The van der Waals surface area contributed by atoms with Crippen molar-refractivity contribution < 1.29 is 4.74 Å². The van der Waals surface area contributed by atoms with Crippen LogP contribution in [-0.4, -0.2) is 42.6 Å². The van der Waals surface area contributed by atoms with Gasteiger partial charge in [0, 0.05) is 24.5 Å². The number of hydrogen-bond acceptors (Lipinski definition) is 2. The number of rotatable bonds is 4. The lowest BCUT2D eigenvalue weighted by Crippen LogP contribution is -2.35. The molecule has 0 aromatic carbocycles. The Morgan fingerprint density at radius 1 is 1.54 bits per heavy atom. The van der Waals surface area contributed by atoms with Crippen LogP contribution in [0.1, 0.15) is 26.2 Å². The van der Waals surface area contributed by atoms with E-state index in [0.717, 1.165) is 19.7 Å². The fraction of sp³-hybridized carbons (Fsp3) is 1.00. The van der Waals surface area contributed by atoms with E-state index in [9.17, 15) is 0 Å². The number of likely N-dealkylation sites (N-methyl/N-ethyl adjacent to an activating group) is 1. The zero-order valence-corrected chi connectivity index (χ0v) is 10.2. The van der Waals surface area contributed by atoms with Gasteiger partial charge in [0.2, 0.25) is 0 Å². The summed E-state index contributed by atoms with van der Waals surface area (Å²) in [6.07, 6.45) is 4.29. The normalized spacial score (nSPS) is 26.3. The molecule has 0 aromatic heterocycles. The van der Waals surface area contributed by atoms with Gasteiger partial charge >= 0.3 is 0 Å². The highest BCUT2D eigenvalue weighted by molar-refractivity contribution is 9.09. The van der Waals surface area contributed by atoms with E-state index in [4.69, 9.17) is 4.74 Å². The van der Waals surface area contributed by atoms with Crippen molar-refractivity contribution in [3.63, 3.8) is 0 Å². The van der Waals surface area contributed by atoms with Crippen LogP contribution in [0.15, 0.2) is 0 Å². The summed E-state index contributed by atoms with van der Waals surface area (Å²) in [7, 11) is 2.16. The summed E-state index contributed by atoms with van der Waals surface area (Å²) in [6.45, 7) is 5.32. The van der Waals surface area contributed by atoms with Gasteiger partial charge in [-0.2, -0.15) is 0 Å². The predicted molar refractivity (Wildman–Crippen MR) is 59.5 cm³/mol. The van der Waals surface area contributed by atoms with Gasteiger partial charge in [0.15, 0.2) is 0 Å². The predicted octanol–water partition coefficient (Wildman–Crippen LogP) is 2.27. The van der Waals surface area contributed by atoms with Gasteiger partial charge in [0.1, 0.15) is 0 Å². The third kappa shape index (κ3) is 4.99. The van der Waals surface area contributed by atoms with Crippen molar-refractivity contribution in [1.82, 2.24) is 4.90 Å². The van der Waals surface area contributed by atoms with Crippen molar-refractivity contribution >= 4 is 15.9 Å². The van der Waals surface area contributed by atoms with E-state index < -0.39 is 0 Å². The molecule has 0 amide bonds. The van der Waals surface area contributed by atoms with Crippen molar-refractivity contribution in [2.75, 3.05) is 26.7 Å². The van der Waals surface area contributed by atoms with Gasteiger partial charge in [-0.1, -0.05) is 22.9 Å². The van der Waals surface area contributed by atoms with Crippen LogP contribution in [0.4, 0.5) is 0 Å². The van der Waals surface area contributed by atoms with Gasteiger partial charge in [-0.3, -0.25) is 0 Å². The summed E-state index contributed by atoms with van der Waals surface area (Å²) in [6, 6.07) is 0. The zero-order chi connectivity index (χ0) is 9.68. The first-order valence-electron chi connectivity index (χ1n) is 5.12. The Morgan fingerprint density at radius 3 is 2.85 bits per heavy atom. The maximum atomic E-state index is 5.67. The standard InChI is InChI=1S/C10H20BrNO/c1-9(11)7-12(2)8-10-5-3-4-6-13-10/h9-10H,3-8H2,1-2H3. The molecule has 1 aliphatic heterocycles. The maximum Gasteiger partial charge on any atom is 0.0701 e. The van der Waals surface area contributed by atoms with Crippen LogP contribution >= 0.6 is 15.9 Å². The molecule has 0 radical (unpaired) electrons. The maximum absolute atomic E-state index is 5.67. The second-order valence-electron chi connectivity index (χ2n) is 3.99. The quantitative estimate of drug-likeness (QED) is 0.710. The fourth-order valence-electron chi connectivity index (χ4n) is 1.80. The van der Waals surface area contributed by atoms with Crippen LogP contribution in [0, 0.1) is 0 Å². The van der Waals surface area contributed by atoms with Crippen molar-refractivity contribution in [1.29, 1.82) is 0 Å². The van der Waals surface area contributed by atoms with Crippen molar-refractivity contribution in [3.05, 3.63) is 0 Å². The average molecular weight is 250 g/mol. The minimum atomic E-state index is 0.477. The van der Waals surface area contributed by atoms with Crippen LogP contribution in [0.5, 0.6) is 0 Å². The van der Waals surface area contributed by atoms with Gasteiger partial charge in [0.25, 0.3) is 0 Å². The molecule has 2 nitrogen and oxygen atoms in total. The summed E-state index contributed by atoms with van der Waals surface area (Å²) < 4.78 is 5.67. The third-order valence-electron chi connectivity index (χ3n) is 2.35. The van der Waals surface area contributed by atoms with Crippen LogP contribution in [0.3, 0.4) is 0 Å². The minimum absolute atomic E-state index is 0.477. The van der Waals surface area contributed by atoms with E-state index >= 15 is 0 Å². The largest absolute Gasteiger partial charge is 0.377 e. The molecular weight excluding hydrogens is 230 g/mol. The molecule has 2 unspecified atom stereocenters. The lowest BCUT2D eigenvalue weighted by Gasteiger charge is -2.27. The molecular formula is C10H20BrNO. The number of nitrogens with zero attached hydrogens (tertiary/aromatic N) is 1. The van der Waals surface area contributed by atoms with Crippen LogP contribution in [-0.2, 0) is 4.74 Å². The van der Waals surface area contributed by atoms with E-state index in [1.54, 1.807) is 0 Å².